The number of hydrogen-bond donors (Lipinski definition) is 1. The van der Waals surface area contributed by atoms with Crippen LogP contribution in [0.5, 0.6) is 0 Å². The highest BCUT2D eigenvalue weighted by molar-refractivity contribution is 5.73. The summed E-state index contributed by atoms with van der Waals surface area (Å²) < 4.78 is 58.4. The number of ether oxygens (including phenoxy) is 1. The van der Waals surface area contributed by atoms with Gasteiger partial charge >= 0.3 is 6.18 Å². The Morgan fingerprint density at radius 1 is 1.21 bits per heavy atom. The summed E-state index contributed by atoms with van der Waals surface area (Å²) in [5.74, 6) is 5.08. The maximum Gasteiger partial charge on any atom is 0.425 e. The number of nitrogens with zero attached hydrogens (tertiary/aromatic N) is 3. The zero-order chi connectivity index (χ0) is 20.5. The molecule has 0 fully saturated rings. The molecule has 146 valence electrons. The van der Waals surface area contributed by atoms with Crippen LogP contribution < -0.4 is 5.73 Å². The third-order valence-corrected chi connectivity index (χ3v) is 4.21. The van der Waals surface area contributed by atoms with Crippen LogP contribution in [0.2, 0.25) is 0 Å². The number of rotatable bonds is 1. The molecule has 0 radical (unpaired) electrons. The maximum absolute atomic E-state index is 14.5. The molecule has 2 heterocycles. The summed E-state index contributed by atoms with van der Waals surface area (Å²) in [6, 6.07) is 3.26. The van der Waals surface area contributed by atoms with E-state index in [4.69, 9.17) is 5.73 Å². The molecule has 2 atom stereocenters. The quantitative estimate of drug-likeness (QED) is 0.598. The molecule has 0 amide bonds. The van der Waals surface area contributed by atoms with Crippen molar-refractivity contribution in [2.45, 2.75) is 38.1 Å². The van der Waals surface area contributed by atoms with Crippen LogP contribution in [0.3, 0.4) is 0 Å². The van der Waals surface area contributed by atoms with Crippen LogP contribution in [0.25, 0.3) is 0 Å². The summed E-state index contributed by atoms with van der Waals surface area (Å²) in [7, 11) is 0. The molecule has 2 N–H and O–H groups in total. The van der Waals surface area contributed by atoms with Crippen LogP contribution in [0, 0.1) is 24.6 Å². The van der Waals surface area contributed by atoms with Gasteiger partial charge < -0.3 is 10.5 Å². The first kappa shape index (κ1) is 19.6. The van der Waals surface area contributed by atoms with Crippen molar-refractivity contribution in [3.63, 3.8) is 0 Å². The maximum atomic E-state index is 14.5. The summed E-state index contributed by atoms with van der Waals surface area (Å²) in [6.07, 6.45) is -4.23. The van der Waals surface area contributed by atoms with Gasteiger partial charge in [-0.25, -0.2) is 19.4 Å². The van der Waals surface area contributed by atoms with E-state index in [9.17, 15) is 17.6 Å². The fourth-order valence-electron chi connectivity index (χ4n) is 2.82. The number of amidine groups is 1. The van der Waals surface area contributed by atoms with Crippen molar-refractivity contribution in [1.82, 2.24) is 9.97 Å². The molecule has 0 saturated carbocycles. The van der Waals surface area contributed by atoms with Gasteiger partial charge in [0.1, 0.15) is 5.82 Å². The first-order chi connectivity index (χ1) is 13.1. The smallest absolute Gasteiger partial charge is 0.425 e. The van der Waals surface area contributed by atoms with E-state index in [1.165, 1.54) is 19.1 Å². The molecule has 0 spiro atoms. The van der Waals surface area contributed by atoms with E-state index in [0.717, 1.165) is 11.6 Å². The number of alkyl halides is 3. The average Bonchev–Trinajstić information content (AvgIpc) is 2.61. The summed E-state index contributed by atoms with van der Waals surface area (Å²) in [5.41, 5.74) is 5.08. The lowest BCUT2D eigenvalue weighted by molar-refractivity contribution is -0.208. The Labute approximate surface area is 158 Å². The van der Waals surface area contributed by atoms with Crippen LogP contribution in [-0.4, -0.2) is 28.3 Å². The number of aryl methyl sites for hydroxylation is 1. The van der Waals surface area contributed by atoms with Gasteiger partial charge in [-0.2, -0.15) is 13.2 Å². The van der Waals surface area contributed by atoms with Crippen molar-refractivity contribution >= 4 is 6.02 Å². The number of aliphatic imine (C=N–C) groups is 1. The van der Waals surface area contributed by atoms with E-state index >= 15 is 0 Å². The Morgan fingerprint density at radius 3 is 2.54 bits per heavy atom. The van der Waals surface area contributed by atoms with Gasteiger partial charge in [0.15, 0.2) is 6.10 Å². The molecular weight excluding hydrogens is 376 g/mol. The zero-order valence-electron chi connectivity index (χ0n) is 15.0. The number of halogens is 4. The normalized spacial score (nSPS) is 21.9. The van der Waals surface area contributed by atoms with Crippen LogP contribution in [0.1, 0.15) is 35.9 Å². The van der Waals surface area contributed by atoms with Gasteiger partial charge in [-0.1, -0.05) is 5.92 Å². The Morgan fingerprint density at radius 2 is 1.89 bits per heavy atom. The molecule has 1 aliphatic heterocycles. The molecule has 0 aliphatic carbocycles. The average molecular weight is 392 g/mol. The van der Waals surface area contributed by atoms with Crippen molar-refractivity contribution in [3.8, 4) is 11.8 Å². The van der Waals surface area contributed by atoms with Gasteiger partial charge in [0.05, 0.1) is 5.54 Å². The molecule has 2 aromatic rings. The Kier molecular flexibility index (Phi) is 4.98. The highest BCUT2D eigenvalue weighted by atomic mass is 19.4. The molecule has 5 nitrogen and oxygen atoms in total. The molecular formula is C19H16F4N4O. The van der Waals surface area contributed by atoms with Gasteiger partial charge in [0, 0.05) is 29.9 Å². The second kappa shape index (κ2) is 7.11. The van der Waals surface area contributed by atoms with Gasteiger partial charge in [0.25, 0.3) is 6.02 Å². The van der Waals surface area contributed by atoms with Crippen LogP contribution >= 0.6 is 0 Å². The summed E-state index contributed by atoms with van der Waals surface area (Å²) in [6.45, 7) is 3.21. The van der Waals surface area contributed by atoms with Gasteiger partial charge in [-0.3, -0.25) is 0 Å². The van der Waals surface area contributed by atoms with E-state index in [1.807, 2.05) is 6.92 Å². The fourth-order valence-corrected chi connectivity index (χ4v) is 2.82. The summed E-state index contributed by atoms with van der Waals surface area (Å²) in [5, 5.41) is 0. The topological polar surface area (TPSA) is 73.4 Å². The van der Waals surface area contributed by atoms with Crippen molar-refractivity contribution < 1.29 is 22.3 Å². The van der Waals surface area contributed by atoms with Crippen molar-refractivity contribution in [2.75, 3.05) is 0 Å². The highest BCUT2D eigenvalue weighted by Gasteiger charge is 2.50. The highest BCUT2D eigenvalue weighted by Crippen LogP contribution is 2.40. The molecule has 28 heavy (non-hydrogen) atoms. The number of hydrogen-bond acceptors (Lipinski definition) is 5. The summed E-state index contributed by atoms with van der Waals surface area (Å²) >= 11 is 0. The van der Waals surface area contributed by atoms with Crippen LogP contribution in [0.4, 0.5) is 17.6 Å². The van der Waals surface area contributed by atoms with Gasteiger partial charge in [0.2, 0.25) is 5.82 Å². The predicted octanol–water partition coefficient (Wildman–Crippen LogP) is 3.21. The first-order valence-corrected chi connectivity index (χ1v) is 8.26. The minimum Gasteiger partial charge on any atom is -0.452 e. The molecule has 9 heteroatoms. The SMILES string of the molecule is Cc1cnc(C#Cc2ccc(F)c([C@]3(C)C[C@@H](C(F)(F)F)OC(N)=N3)c2)nc1. The fraction of sp³-hybridized carbons (Fsp3) is 0.316. The minimum absolute atomic E-state index is 0.0513. The Bertz CT molecular complexity index is 976. The lowest BCUT2D eigenvalue weighted by atomic mass is 9.85. The summed E-state index contributed by atoms with van der Waals surface area (Å²) in [4.78, 5) is 12.0. The second-order valence-corrected chi connectivity index (χ2v) is 6.60. The molecule has 1 aromatic heterocycles. The Hall–Kier alpha value is -3.15. The van der Waals surface area contributed by atoms with Gasteiger partial charge in [-0.05, 0) is 43.5 Å². The van der Waals surface area contributed by atoms with E-state index in [-0.39, 0.29) is 11.4 Å². The number of aromatic nitrogens is 2. The second-order valence-electron chi connectivity index (χ2n) is 6.60. The van der Waals surface area contributed by atoms with Crippen LogP contribution in [0.15, 0.2) is 35.6 Å². The minimum atomic E-state index is -4.65. The zero-order valence-corrected chi connectivity index (χ0v) is 15.0. The van der Waals surface area contributed by atoms with Crippen molar-refractivity contribution in [1.29, 1.82) is 0 Å². The van der Waals surface area contributed by atoms with E-state index in [1.54, 1.807) is 12.4 Å². The third kappa shape index (κ3) is 4.22. The molecule has 3 rings (SSSR count). The first-order valence-electron chi connectivity index (χ1n) is 8.26. The van der Waals surface area contributed by atoms with Crippen molar-refractivity contribution in [2.24, 2.45) is 10.7 Å². The van der Waals surface area contributed by atoms with Crippen molar-refractivity contribution in [3.05, 3.63) is 58.9 Å². The number of nitrogens with two attached hydrogens (primary N) is 1. The molecule has 0 unspecified atom stereocenters. The van der Waals surface area contributed by atoms with E-state index in [2.05, 4.69) is 31.5 Å². The predicted molar refractivity (Wildman–Crippen MR) is 93.7 cm³/mol. The standard InChI is InChI=1S/C19H16F4N4O/c1-11-9-25-16(26-10-11)6-4-12-3-5-14(20)13(7-12)18(2)8-15(19(21,22)23)28-17(24)27-18/h3,5,7,9-10,15H,8H2,1-2H3,(H2,24,27)/t15-,18-/m0/s1. The lowest BCUT2D eigenvalue weighted by Gasteiger charge is -2.35. The molecule has 0 saturated heterocycles. The van der Waals surface area contributed by atoms with Crippen LogP contribution in [-0.2, 0) is 10.3 Å². The largest absolute Gasteiger partial charge is 0.452 e. The molecule has 1 aromatic carbocycles. The lowest BCUT2D eigenvalue weighted by Crippen LogP contribution is -2.46. The monoisotopic (exact) mass is 392 g/mol. The molecule has 1 aliphatic rings. The molecule has 0 bridgehead atoms. The number of benzene rings is 1. The van der Waals surface area contributed by atoms with E-state index < -0.39 is 36.1 Å². The third-order valence-electron chi connectivity index (χ3n) is 4.21. The van der Waals surface area contributed by atoms with E-state index in [0.29, 0.717) is 5.56 Å². The van der Waals surface area contributed by atoms with Gasteiger partial charge in [-0.15, -0.1) is 0 Å². The Balaban J connectivity index is 1.97.